The highest BCUT2D eigenvalue weighted by atomic mass is 79.9. The van der Waals surface area contributed by atoms with E-state index in [1.54, 1.807) is 0 Å². The van der Waals surface area contributed by atoms with Gasteiger partial charge in [0.25, 0.3) is 6.43 Å². The fraction of sp³-hybridized carbons (Fsp3) is 0.143. The second-order valence-corrected chi connectivity index (χ2v) is 3.66. The van der Waals surface area contributed by atoms with Gasteiger partial charge in [-0.3, -0.25) is 0 Å². The highest BCUT2D eigenvalue weighted by Crippen LogP contribution is 2.37. The average molecular weight is 276 g/mol. The van der Waals surface area contributed by atoms with Crippen LogP contribution in [0.15, 0.2) is 16.6 Å². The van der Waals surface area contributed by atoms with Crippen LogP contribution in [-0.4, -0.2) is 0 Å². The molecule has 0 amide bonds. The topological polar surface area (TPSA) is 0 Å². The molecule has 1 aromatic carbocycles. The predicted octanol–water partition coefficient (Wildman–Crippen LogP) is 4.69. The molecule has 0 saturated heterocycles. The Morgan fingerprint density at radius 2 is 1.67 bits per heavy atom. The van der Waals surface area contributed by atoms with Crippen LogP contribution >= 0.6 is 39.1 Å². The Labute approximate surface area is 86.6 Å². The molecule has 0 saturated carbocycles. The fourth-order valence-electron chi connectivity index (χ4n) is 0.743. The number of benzene rings is 1. The van der Waals surface area contributed by atoms with Gasteiger partial charge in [-0.25, -0.2) is 8.78 Å². The van der Waals surface area contributed by atoms with Crippen molar-refractivity contribution >= 4 is 39.1 Å². The number of hydrogen-bond acceptors (Lipinski definition) is 0. The molecular formula is C7H3BrCl2F2. The van der Waals surface area contributed by atoms with E-state index in [2.05, 4.69) is 15.9 Å². The zero-order chi connectivity index (χ0) is 9.30. The van der Waals surface area contributed by atoms with E-state index in [9.17, 15) is 8.78 Å². The van der Waals surface area contributed by atoms with Crippen molar-refractivity contribution in [1.82, 2.24) is 0 Å². The summed E-state index contributed by atoms with van der Waals surface area (Å²) in [6, 6.07) is 2.80. The molecule has 0 N–H and O–H groups in total. The van der Waals surface area contributed by atoms with E-state index >= 15 is 0 Å². The molecule has 0 unspecified atom stereocenters. The van der Waals surface area contributed by atoms with E-state index in [1.807, 2.05) is 0 Å². The van der Waals surface area contributed by atoms with Gasteiger partial charge in [0.15, 0.2) is 0 Å². The number of hydrogen-bond donors (Lipinski definition) is 0. The lowest BCUT2D eigenvalue weighted by Gasteiger charge is -2.06. The lowest BCUT2D eigenvalue weighted by molar-refractivity contribution is 0.150. The third-order valence-corrected chi connectivity index (χ3v) is 3.02. The molecule has 0 atom stereocenters. The molecular weight excluding hydrogens is 273 g/mol. The molecule has 1 aromatic rings. The Kier molecular flexibility index (Phi) is 3.32. The van der Waals surface area contributed by atoms with Gasteiger partial charge < -0.3 is 0 Å². The van der Waals surface area contributed by atoms with Gasteiger partial charge in [-0.15, -0.1) is 0 Å². The van der Waals surface area contributed by atoms with Crippen molar-refractivity contribution in [3.8, 4) is 0 Å². The summed E-state index contributed by atoms with van der Waals surface area (Å²) in [5.74, 6) is 0. The molecule has 66 valence electrons. The molecule has 0 aliphatic heterocycles. The molecule has 0 heterocycles. The van der Waals surface area contributed by atoms with Crippen molar-refractivity contribution in [2.24, 2.45) is 0 Å². The van der Waals surface area contributed by atoms with Crippen molar-refractivity contribution in [2.75, 3.05) is 0 Å². The Balaban J connectivity index is 3.33. The van der Waals surface area contributed by atoms with Gasteiger partial charge in [-0.2, -0.15) is 0 Å². The minimum atomic E-state index is -2.62. The van der Waals surface area contributed by atoms with Crippen molar-refractivity contribution in [2.45, 2.75) is 6.43 Å². The summed E-state index contributed by atoms with van der Waals surface area (Å²) in [6.45, 7) is 0. The maximum Gasteiger partial charge on any atom is 0.266 e. The lowest BCUT2D eigenvalue weighted by Crippen LogP contribution is -1.88. The summed E-state index contributed by atoms with van der Waals surface area (Å²) in [7, 11) is 0. The largest absolute Gasteiger partial charge is 0.266 e. The Morgan fingerprint density at radius 3 is 2.08 bits per heavy atom. The third-order valence-electron chi connectivity index (χ3n) is 1.30. The highest BCUT2D eigenvalue weighted by Gasteiger charge is 2.17. The zero-order valence-corrected chi connectivity index (χ0v) is 8.72. The van der Waals surface area contributed by atoms with Gasteiger partial charge in [0.1, 0.15) is 0 Å². The number of rotatable bonds is 1. The van der Waals surface area contributed by atoms with Gasteiger partial charge >= 0.3 is 0 Å². The first kappa shape index (κ1) is 10.2. The van der Waals surface area contributed by atoms with E-state index < -0.39 is 6.43 Å². The van der Waals surface area contributed by atoms with Crippen LogP contribution in [0.4, 0.5) is 8.78 Å². The minimum Gasteiger partial charge on any atom is -0.205 e. The number of halogens is 5. The molecule has 0 aromatic heterocycles. The van der Waals surface area contributed by atoms with E-state index in [1.165, 1.54) is 12.1 Å². The Morgan fingerprint density at radius 1 is 1.17 bits per heavy atom. The normalized spacial score (nSPS) is 10.8. The molecule has 0 fully saturated rings. The molecule has 0 aliphatic rings. The van der Waals surface area contributed by atoms with Crippen molar-refractivity contribution in [1.29, 1.82) is 0 Å². The van der Waals surface area contributed by atoms with Gasteiger partial charge in [-0.1, -0.05) is 23.2 Å². The summed E-state index contributed by atoms with van der Waals surface area (Å²) in [5, 5.41) is 0.246. The summed E-state index contributed by atoms with van der Waals surface area (Å²) < 4.78 is 24.8. The summed E-state index contributed by atoms with van der Waals surface area (Å²) in [4.78, 5) is 0. The van der Waals surface area contributed by atoms with Crippen LogP contribution in [0.25, 0.3) is 0 Å². The summed E-state index contributed by atoms with van der Waals surface area (Å²) >= 11 is 14.1. The zero-order valence-electron chi connectivity index (χ0n) is 5.62. The average Bonchev–Trinajstić information content (AvgIpc) is 1.97. The SMILES string of the molecule is FC(F)c1c(Cl)ccc(Cl)c1Br. The maximum absolute atomic E-state index is 12.3. The van der Waals surface area contributed by atoms with Gasteiger partial charge in [0.2, 0.25) is 0 Å². The second-order valence-electron chi connectivity index (χ2n) is 2.06. The first-order valence-corrected chi connectivity index (χ1v) is 4.50. The Hall–Kier alpha value is 0.140. The van der Waals surface area contributed by atoms with Crippen LogP contribution in [0, 0.1) is 0 Å². The quantitative estimate of drug-likeness (QED) is 0.652. The van der Waals surface area contributed by atoms with Crippen LogP contribution in [0.3, 0.4) is 0 Å². The molecule has 12 heavy (non-hydrogen) atoms. The smallest absolute Gasteiger partial charge is 0.205 e. The van der Waals surface area contributed by atoms with Crippen LogP contribution in [0.1, 0.15) is 12.0 Å². The molecule has 0 nitrogen and oxygen atoms in total. The van der Waals surface area contributed by atoms with E-state index in [-0.39, 0.29) is 20.1 Å². The summed E-state index contributed by atoms with van der Waals surface area (Å²) in [5.41, 5.74) is -0.260. The van der Waals surface area contributed by atoms with Gasteiger partial charge in [0.05, 0.1) is 15.6 Å². The van der Waals surface area contributed by atoms with E-state index in [0.29, 0.717) is 0 Å². The minimum absolute atomic E-state index is 0.0151. The van der Waals surface area contributed by atoms with Crippen LogP contribution < -0.4 is 0 Å². The van der Waals surface area contributed by atoms with Crippen molar-refractivity contribution in [3.63, 3.8) is 0 Å². The van der Waals surface area contributed by atoms with Gasteiger partial charge in [0, 0.05) is 4.47 Å². The third kappa shape index (κ3) is 1.90. The first-order chi connectivity index (χ1) is 5.54. The first-order valence-electron chi connectivity index (χ1n) is 2.95. The van der Waals surface area contributed by atoms with Crippen molar-refractivity contribution in [3.05, 3.63) is 32.2 Å². The van der Waals surface area contributed by atoms with E-state index in [0.717, 1.165) is 0 Å². The van der Waals surface area contributed by atoms with Gasteiger partial charge in [-0.05, 0) is 28.1 Å². The fourth-order valence-corrected chi connectivity index (χ4v) is 1.78. The maximum atomic E-state index is 12.3. The number of alkyl halides is 2. The van der Waals surface area contributed by atoms with Crippen molar-refractivity contribution < 1.29 is 8.78 Å². The van der Waals surface area contributed by atoms with Crippen LogP contribution in [0.2, 0.25) is 10.0 Å². The van der Waals surface area contributed by atoms with E-state index in [4.69, 9.17) is 23.2 Å². The molecule has 5 heteroatoms. The Bertz CT molecular complexity index is 302. The lowest BCUT2D eigenvalue weighted by atomic mass is 10.2. The molecule has 0 spiro atoms. The molecule has 1 rings (SSSR count). The van der Waals surface area contributed by atoms with Crippen LogP contribution in [-0.2, 0) is 0 Å². The summed E-state index contributed by atoms with van der Waals surface area (Å²) in [6.07, 6.45) is -2.62. The molecule has 0 aliphatic carbocycles. The monoisotopic (exact) mass is 274 g/mol. The second kappa shape index (κ2) is 3.90. The standard InChI is InChI=1S/C7H3BrCl2F2/c8-6-4(10)2-1-3(9)5(6)7(11)12/h1-2,7H. The predicted molar refractivity (Wildman–Crippen MR) is 49.1 cm³/mol. The van der Waals surface area contributed by atoms with Crippen LogP contribution in [0.5, 0.6) is 0 Å². The highest BCUT2D eigenvalue weighted by molar-refractivity contribution is 9.10. The molecule has 0 radical (unpaired) electrons. The molecule has 0 bridgehead atoms.